The van der Waals surface area contributed by atoms with E-state index < -0.39 is 0 Å². The Bertz CT molecular complexity index is 387. The Hall–Kier alpha value is -0.900. The summed E-state index contributed by atoms with van der Waals surface area (Å²) in [5, 5.41) is 0. The lowest BCUT2D eigenvalue weighted by Gasteiger charge is -2.44. The molecule has 1 aromatic carbocycles. The van der Waals surface area contributed by atoms with Crippen LogP contribution in [0.5, 0.6) is 0 Å². The van der Waals surface area contributed by atoms with Crippen molar-refractivity contribution in [3.05, 3.63) is 35.4 Å². The van der Waals surface area contributed by atoms with Crippen LogP contribution >= 0.6 is 0 Å². The van der Waals surface area contributed by atoms with Crippen LogP contribution in [-0.2, 0) is 6.54 Å². The molecule has 1 aliphatic rings. The van der Waals surface area contributed by atoms with E-state index in [4.69, 9.17) is 5.73 Å². The molecule has 3 heteroatoms. The third-order valence-electron chi connectivity index (χ3n) is 4.25. The quantitative estimate of drug-likeness (QED) is 0.898. The van der Waals surface area contributed by atoms with Gasteiger partial charge < -0.3 is 10.6 Å². The van der Waals surface area contributed by atoms with Gasteiger partial charge in [-0.2, -0.15) is 0 Å². The van der Waals surface area contributed by atoms with Crippen LogP contribution in [-0.4, -0.2) is 48.6 Å². The molecule has 1 heterocycles. The van der Waals surface area contributed by atoms with Gasteiger partial charge >= 0.3 is 0 Å². The number of hydrogen-bond acceptors (Lipinski definition) is 3. The highest BCUT2D eigenvalue weighted by atomic mass is 15.3. The van der Waals surface area contributed by atoms with Crippen LogP contribution in [0.2, 0.25) is 0 Å². The summed E-state index contributed by atoms with van der Waals surface area (Å²) in [6.07, 6.45) is 1.09. The molecule has 2 atom stereocenters. The van der Waals surface area contributed by atoms with Crippen molar-refractivity contribution < 1.29 is 0 Å². The molecule has 106 valence electrons. The molecule has 0 aliphatic carbocycles. The highest BCUT2D eigenvalue weighted by Gasteiger charge is 2.28. The molecule has 1 fully saturated rings. The van der Waals surface area contributed by atoms with Crippen molar-refractivity contribution in [3.8, 4) is 0 Å². The molecule has 2 rings (SSSR count). The van der Waals surface area contributed by atoms with Gasteiger partial charge in [0.1, 0.15) is 0 Å². The fraction of sp³-hybridized carbons (Fsp3) is 0.625. The number of hydrogen-bond donors (Lipinski definition) is 1. The zero-order valence-corrected chi connectivity index (χ0v) is 12.5. The van der Waals surface area contributed by atoms with Gasteiger partial charge in [0.05, 0.1) is 0 Å². The van der Waals surface area contributed by atoms with Gasteiger partial charge in [-0.25, -0.2) is 0 Å². The highest BCUT2D eigenvalue weighted by Crippen LogP contribution is 2.18. The zero-order chi connectivity index (χ0) is 13.8. The molecule has 0 amide bonds. The lowest BCUT2D eigenvalue weighted by Crippen LogP contribution is -2.55. The number of aryl methyl sites for hydroxylation is 1. The maximum atomic E-state index is 5.73. The van der Waals surface area contributed by atoms with E-state index in [1.165, 1.54) is 11.1 Å². The molecule has 1 aliphatic heterocycles. The maximum Gasteiger partial charge on any atom is 0.0237 e. The molecular formula is C16H27N3. The lowest BCUT2D eigenvalue weighted by atomic mass is 10.0. The van der Waals surface area contributed by atoms with Gasteiger partial charge in [-0.15, -0.1) is 0 Å². The summed E-state index contributed by atoms with van der Waals surface area (Å²) < 4.78 is 0. The number of rotatable bonds is 4. The van der Waals surface area contributed by atoms with Gasteiger partial charge in [-0.05, 0) is 39.4 Å². The van der Waals surface area contributed by atoms with E-state index in [1.807, 2.05) is 0 Å². The molecule has 0 spiro atoms. The van der Waals surface area contributed by atoms with E-state index in [2.05, 4.69) is 55.0 Å². The Balaban J connectivity index is 2.00. The van der Waals surface area contributed by atoms with E-state index in [1.54, 1.807) is 0 Å². The third kappa shape index (κ3) is 3.78. The minimum Gasteiger partial charge on any atom is -0.330 e. The zero-order valence-electron chi connectivity index (χ0n) is 12.5. The topological polar surface area (TPSA) is 32.5 Å². The van der Waals surface area contributed by atoms with Crippen molar-refractivity contribution in [3.63, 3.8) is 0 Å². The number of benzene rings is 1. The van der Waals surface area contributed by atoms with Gasteiger partial charge in [0.2, 0.25) is 0 Å². The smallest absolute Gasteiger partial charge is 0.0237 e. The van der Waals surface area contributed by atoms with Gasteiger partial charge in [-0.3, -0.25) is 4.90 Å². The van der Waals surface area contributed by atoms with Crippen LogP contribution in [0.3, 0.4) is 0 Å². The monoisotopic (exact) mass is 261 g/mol. The van der Waals surface area contributed by atoms with Crippen molar-refractivity contribution >= 4 is 0 Å². The largest absolute Gasteiger partial charge is 0.330 e. The number of nitrogens with zero attached hydrogens (tertiary/aromatic N) is 2. The van der Waals surface area contributed by atoms with Gasteiger partial charge in [-0.1, -0.05) is 29.8 Å². The van der Waals surface area contributed by atoms with E-state index in [9.17, 15) is 0 Å². The summed E-state index contributed by atoms with van der Waals surface area (Å²) >= 11 is 0. The van der Waals surface area contributed by atoms with Crippen LogP contribution in [0.4, 0.5) is 0 Å². The average Bonchev–Trinajstić information content (AvgIpc) is 2.38. The fourth-order valence-electron chi connectivity index (χ4n) is 2.92. The predicted molar refractivity (Wildman–Crippen MR) is 81.1 cm³/mol. The van der Waals surface area contributed by atoms with Crippen molar-refractivity contribution in [2.24, 2.45) is 5.73 Å². The molecule has 1 aromatic rings. The first-order valence-electron chi connectivity index (χ1n) is 7.30. The van der Waals surface area contributed by atoms with E-state index in [0.717, 1.165) is 32.6 Å². The summed E-state index contributed by atoms with van der Waals surface area (Å²) in [4.78, 5) is 5.05. The Morgan fingerprint density at radius 1 is 1.21 bits per heavy atom. The first-order chi connectivity index (χ1) is 9.10. The molecule has 2 N–H and O–H groups in total. The Kier molecular flexibility index (Phi) is 4.97. The first-order valence-corrected chi connectivity index (χ1v) is 7.30. The minimum atomic E-state index is 0.603. The first kappa shape index (κ1) is 14.5. The standard InChI is InChI=1S/C16H27N3/c1-13-4-6-15(7-5-13)11-19-12-16(8-9-17)18(3)10-14(19)2/h4-7,14,16H,8-12,17H2,1-3H3. The van der Waals surface area contributed by atoms with Crippen LogP contribution in [0, 0.1) is 6.92 Å². The van der Waals surface area contributed by atoms with E-state index >= 15 is 0 Å². The number of nitrogens with two attached hydrogens (primary N) is 1. The van der Waals surface area contributed by atoms with Gasteiger partial charge in [0.15, 0.2) is 0 Å². The summed E-state index contributed by atoms with van der Waals surface area (Å²) in [5.41, 5.74) is 8.47. The van der Waals surface area contributed by atoms with Gasteiger partial charge in [0.25, 0.3) is 0 Å². The Morgan fingerprint density at radius 3 is 2.53 bits per heavy atom. The molecule has 1 saturated heterocycles. The molecule has 0 radical (unpaired) electrons. The second-order valence-electron chi connectivity index (χ2n) is 5.93. The van der Waals surface area contributed by atoms with Crippen LogP contribution < -0.4 is 5.73 Å². The maximum absolute atomic E-state index is 5.73. The second kappa shape index (κ2) is 6.51. The van der Waals surface area contributed by atoms with Crippen molar-refractivity contribution in [2.45, 2.75) is 38.9 Å². The predicted octanol–water partition coefficient (Wildman–Crippen LogP) is 1.85. The molecule has 0 saturated carbocycles. The summed E-state index contributed by atoms with van der Waals surface area (Å²) in [5.74, 6) is 0. The molecule has 3 nitrogen and oxygen atoms in total. The number of likely N-dealkylation sites (N-methyl/N-ethyl adjacent to an activating group) is 1. The Morgan fingerprint density at radius 2 is 1.89 bits per heavy atom. The summed E-state index contributed by atoms with van der Waals surface area (Å²) in [7, 11) is 2.22. The second-order valence-corrected chi connectivity index (χ2v) is 5.93. The van der Waals surface area contributed by atoms with Crippen LogP contribution in [0.15, 0.2) is 24.3 Å². The normalized spacial score (nSPS) is 25.7. The molecule has 2 unspecified atom stereocenters. The summed E-state index contributed by atoms with van der Waals surface area (Å²) in [6.45, 7) is 8.56. The van der Waals surface area contributed by atoms with Crippen LogP contribution in [0.25, 0.3) is 0 Å². The molecule has 19 heavy (non-hydrogen) atoms. The lowest BCUT2D eigenvalue weighted by molar-refractivity contribution is 0.0443. The van der Waals surface area contributed by atoms with E-state index in [0.29, 0.717) is 12.1 Å². The minimum absolute atomic E-state index is 0.603. The SMILES string of the molecule is Cc1ccc(CN2CC(CCN)N(C)CC2C)cc1. The van der Waals surface area contributed by atoms with Gasteiger partial charge in [0, 0.05) is 31.7 Å². The third-order valence-corrected chi connectivity index (χ3v) is 4.25. The molecule has 0 aromatic heterocycles. The average molecular weight is 261 g/mol. The molecule has 0 bridgehead atoms. The Labute approximate surface area is 117 Å². The number of piperazine rings is 1. The summed E-state index contributed by atoms with van der Waals surface area (Å²) in [6, 6.07) is 10.1. The van der Waals surface area contributed by atoms with Crippen molar-refractivity contribution in [1.82, 2.24) is 9.80 Å². The highest BCUT2D eigenvalue weighted by molar-refractivity contribution is 5.21. The fourth-order valence-corrected chi connectivity index (χ4v) is 2.92. The van der Waals surface area contributed by atoms with Crippen molar-refractivity contribution in [2.75, 3.05) is 26.7 Å². The van der Waals surface area contributed by atoms with E-state index in [-0.39, 0.29) is 0 Å². The van der Waals surface area contributed by atoms with Crippen LogP contribution in [0.1, 0.15) is 24.5 Å². The van der Waals surface area contributed by atoms with Crippen molar-refractivity contribution in [1.29, 1.82) is 0 Å². The molecular weight excluding hydrogens is 234 g/mol.